The van der Waals surface area contributed by atoms with E-state index in [1.165, 1.54) is 0 Å². The van der Waals surface area contributed by atoms with Gasteiger partial charge in [0.15, 0.2) is 0 Å². The van der Waals surface area contributed by atoms with E-state index in [-0.39, 0.29) is 6.04 Å². The summed E-state index contributed by atoms with van der Waals surface area (Å²) in [6.45, 7) is 1.80. The van der Waals surface area contributed by atoms with Gasteiger partial charge in [0.05, 0.1) is 5.92 Å². The average molecular weight is 201 g/mol. The van der Waals surface area contributed by atoms with Crippen molar-refractivity contribution in [2.45, 2.75) is 38.3 Å². The predicted octanol–water partition coefficient (Wildman–Crippen LogP) is 0.302. The lowest BCUT2D eigenvalue weighted by atomic mass is 9.96. The van der Waals surface area contributed by atoms with Gasteiger partial charge in [0.2, 0.25) is 0 Å². The molecule has 5 nitrogen and oxygen atoms in total. The van der Waals surface area contributed by atoms with Crippen LogP contribution in [0.1, 0.15) is 26.2 Å². The van der Waals surface area contributed by atoms with E-state index in [2.05, 4.69) is 5.32 Å². The SMILES string of the molecule is CC[C@@H](C(=O)O)[C@@H]1CC[C@@H](C(=O)O)N1. The lowest BCUT2D eigenvalue weighted by Crippen LogP contribution is -2.41. The molecule has 0 aromatic rings. The monoisotopic (exact) mass is 201 g/mol. The van der Waals surface area contributed by atoms with Crippen LogP contribution in [0.3, 0.4) is 0 Å². The van der Waals surface area contributed by atoms with Gasteiger partial charge in [-0.15, -0.1) is 0 Å². The molecule has 0 aromatic heterocycles. The largest absolute Gasteiger partial charge is 0.481 e. The summed E-state index contributed by atoms with van der Waals surface area (Å²) in [5.41, 5.74) is 0. The number of carbonyl (C=O) groups is 2. The summed E-state index contributed by atoms with van der Waals surface area (Å²) in [6.07, 6.45) is 1.67. The van der Waals surface area contributed by atoms with Crippen LogP contribution >= 0.6 is 0 Å². The lowest BCUT2D eigenvalue weighted by Gasteiger charge is -2.18. The van der Waals surface area contributed by atoms with Crippen molar-refractivity contribution in [3.63, 3.8) is 0 Å². The molecule has 0 unspecified atom stereocenters. The summed E-state index contributed by atoms with van der Waals surface area (Å²) in [5, 5.41) is 20.4. The van der Waals surface area contributed by atoms with E-state index in [4.69, 9.17) is 10.2 Å². The Bertz CT molecular complexity index is 241. The van der Waals surface area contributed by atoms with Gasteiger partial charge in [0.25, 0.3) is 0 Å². The Hall–Kier alpha value is -1.10. The van der Waals surface area contributed by atoms with Gasteiger partial charge in [-0.1, -0.05) is 6.92 Å². The third kappa shape index (κ3) is 2.23. The molecule has 0 saturated carbocycles. The van der Waals surface area contributed by atoms with Gasteiger partial charge >= 0.3 is 11.9 Å². The normalized spacial score (nSPS) is 28.6. The molecule has 0 radical (unpaired) electrons. The van der Waals surface area contributed by atoms with Crippen LogP contribution in [0.4, 0.5) is 0 Å². The van der Waals surface area contributed by atoms with Crippen LogP contribution in [0.5, 0.6) is 0 Å². The Morgan fingerprint density at radius 3 is 2.43 bits per heavy atom. The fourth-order valence-electron chi connectivity index (χ4n) is 1.91. The van der Waals surface area contributed by atoms with Crippen molar-refractivity contribution in [1.29, 1.82) is 0 Å². The highest BCUT2D eigenvalue weighted by molar-refractivity contribution is 5.75. The maximum atomic E-state index is 10.8. The fraction of sp³-hybridized carbons (Fsp3) is 0.778. The lowest BCUT2D eigenvalue weighted by molar-refractivity contribution is -0.144. The number of aliphatic carboxylic acids is 2. The minimum atomic E-state index is -0.896. The summed E-state index contributed by atoms with van der Waals surface area (Å²) in [7, 11) is 0. The molecule has 0 bridgehead atoms. The first-order chi connectivity index (χ1) is 6.56. The highest BCUT2D eigenvalue weighted by Gasteiger charge is 2.35. The van der Waals surface area contributed by atoms with Gasteiger partial charge in [0, 0.05) is 6.04 Å². The molecular weight excluding hydrogens is 186 g/mol. The number of rotatable bonds is 4. The molecule has 14 heavy (non-hydrogen) atoms. The minimum Gasteiger partial charge on any atom is -0.481 e. The molecule has 1 saturated heterocycles. The Labute approximate surface area is 82.1 Å². The standard InChI is InChI=1S/C9H15NO4/c1-2-5(8(11)12)6-3-4-7(10-6)9(13)14/h5-7,10H,2-4H2,1H3,(H,11,12)(H,13,14)/t5-,6+,7+/m1/s1. The highest BCUT2D eigenvalue weighted by atomic mass is 16.4. The molecule has 0 aliphatic carbocycles. The molecule has 3 atom stereocenters. The Balaban J connectivity index is 2.55. The predicted molar refractivity (Wildman–Crippen MR) is 49.0 cm³/mol. The topological polar surface area (TPSA) is 86.6 Å². The van der Waals surface area contributed by atoms with Crippen LogP contribution in [0.25, 0.3) is 0 Å². The van der Waals surface area contributed by atoms with Crippen LogP contribution in [-0.4, -0.2) is 34.2 Å². The first-order valence-electron chi connectivity index (χ1n) is 4.78. The van der Waals surface area contributed by atoms with E-state index >= 15 is 0 Å². The van der Waals surface area contributed by atoms with Crippen LogP contribution < -0.4 is 5.32 Å². The zero-order valence-corrected chi connectivity index (χ0v) is 8.06. The summed E-state index contributed by atoms with van der Waals surface area (Å²) in [5.74, 6) is -2.22. The van der Waals surface area contributed by atoms with E-state index in [0.717, 1.165) is 0 Å². The van der Waals surface area contributed by atoms with Crippen molar-refractivity contribution < 1.29 is 19.8 Å². The summed E-state index contributed by atoms with van der Waals surface area (Å²) >= 11 is 0. The van der Waals surface area contributed by atoms with Crippen LogP contribution in [-0.2, 0) is 9.59 Å². The van der Waals surface area contributed by atoms with Crippen molar-refractivity contribution in [2.24, 2.45) is 5.92 Å². The van der Waals surface area contributed by atoms with E-state index in [1.807, 2.05) is 0 Å². The summed E-state index contributed by atoms with van der Waals surface area (Å²) < 4.78 is 0. The van der Waals surface area contributed by atoms with Crippen LogP contribution in [0.2, 0.25) is 0 Å². The number of nitrogens with one attached hydrogen (secondary N) is 1. The first kappa shape index (κ1) is 11.0. The second-order valence-corrected chi connectivity index (χ2v) is 3.59. The van der Waals surface area contributed by atoms with Gasteiger partial charge < -0.3 is 15.5 Å². The maximum absolute atomic E-state index is 10.8. The third-order valence-corrected chi connectivity index (χ3v) is 2.72. The second-order valence-electron chi connectivity index (χ2n) is 3.59. The Kier molecular flexibility index (Phi) is 3.46. The molecule has 5 heteroatoms. The quantitative estimate of drug-likeness (QED) is 0.609. The van der Waals surface area contributed by atoms with Crippen LogP contribution in [0.15, 0.2) is 0 Å². The van der Waals surface area contributed by atoms with Gasteiger partial charge in [-0.2, -0.15) is 0 Å². The molecule has 1 heterocycles. The van der Waals surface area contributed by atoms with Gasteiger partial charge in [-0.25, -0.2) is 0 Å². The molecular formula is C9H15NO4. The number of carboxylic acids is 2. The molecule has 0 spiro atoms. The van der Waals surface area contributed by atoms with Gasteiger partial charge in [0.1, 0.15) is 6.04 Å². The fourth-order valence-corrected chi connectivity index (χ4v) is 1.91. The summed E-state index contributed by atoms with van der Waals surface area (Å²) in [4.78, 5) is 21.4. The molecule has 1 fully saturated rings. The molecule has 3 N–H and O–H groups in total. The van der Waals surface area contributed by atoms with Crippen molar-refractivity contribution in [2.75, 3.05) is 0 Å². The average Bonchev–Trinajstić information content (AvgIpc) is 2.53. The molecule has 80 valence electrons. The summed E-state index contributed by atoms with van der Waals surface area (Å²) in [6, 6.07) is -0.771. The first-order valence-corrected chi connectivity index (χ1v) is 4.78. The Morgan fingerprint density at radius 2 is 2.07 bits per heavy atom. The number of carboxylic acid groups (broad SMARTS) is 2. The molecule has 0 aromatic carbocycles. The number of hydrogen-bond donors (Lipinski definition) is 3. The molecule has 1 aliphatic rings. The smallest absolute Gasteiger partial charge is 0.320 e. The van der Waals surface area contributed by atoms with Gasteiger partial charge in [-0.05, 0) is 19.3 Å². The van der Waals surface area contributed by atoms with E-state index in [9.17, 15) is 9.59 Å². The van der Waals surface area contributed by atoms with E-state index in [0.29, 0.717) is 19.3 Å². The number of hydrogen-bond acceptors (Lipinski definition) is 3. The zero-order chi connectivity index (χ0) is 10.7. The van der Waals surface area contributed by atoms with Crippen molar-refractivity contribution in [3.05, 3.63) is 0 Å². The molecule has 0 amide bonds. The van der Waals surface area contributed by atoms with E-state index < -0.39 is 23.9 Å². The zero-order valence-electron chi connectivity index (χ0n) is 8.06. The maximum Gasteiger partial charge on any atom is 0.320 e. The van der Waals surface area contributed by atoms with Crippen molar-refractivity contribution in [1.82, 2.24) is 5.32 Å². The molecule has 1 rings (SSSR count). The minimum absolute atomic E-state index is 0.196. The van der Waals surface area contributed by atoms with Crippen LogP contribution in [0, 0.1) is 5.92 Å². The second kappa shape index (κ2) is 4.41. The third-order valence-electron chi connectivity index (χ3n) is 2.72. The molecule has 1 aliphatic heterocycles. The van der Waals surface area contributed by atoms with Crippen molar-refractivity contribution in [3.8, 4) is 0 Å². The Morgan fingerprint density at radius 1 is 1.43 bits per heavy atom. The highest BCUT2D eigenvalue weighted by Crippen LogP contribution is 2.21. The van der Waals surface area contributed by atoms with Gasteiger partial charge in [-0.3, -0.25) is 9.59 Å². The van der Waals surface area contributed by atoms with Crippen molar-refractivity contribution >= 4 is 11.9 Å². The van der Waals surface area contributed by atoms with E-state index in [1.54, 1.807) is 6.92 Å².